The Balaban J connectivity index is -0.00000000357. The van der Waals surface area contributed by atoms with E-state index < -0.39 is 0 Å². The Labute approximate surface area is 78.9 Å². The third-order valence-corrected chi connectivity index (χ3v) is 0. The fourth-order valence-electron chi connectivity index (χ4n) is 0. The van der Waals surface area contributed by atoms with E-state index in [-0.39, 0.29) is 58.3 Å². The molecule has 0 aliphatic carbocycles. The Morgan fingerprint density at radius 3 is 1.00 bits per heavy atom. The zero-order chi connectivity index (χ0) is 4.71. The molecule has 0 aliphatic rings. The normalized spacial score (nSPS) is 2.44. The molecule has 0 atom stereocenters. The third kappa shape index (κ3) is 610. The predicted octanol–water partition coefficient (Wildman–Crippen LogP) is -2.64. The first kappa shape index (κ1) is 52.4. The molecule has 0 fully saturated rings. The van der Waals surface area contributed by atoms with Crippen LogP contribution in [0.4, 0.5) is 0 Å². The molecular formula is CH11NaO6S. The molecule has 0 saturated carbocycles. The van der Waals surface area contributed by atoms with Gasteiger partial charge in [-0.15, -0.1) is 0 Å². The maximum absolute atomic E-state index is 8.00. The van der Waals surface area contributed by atoms with Crippen molar-refractivity contribution in [2.45, 2.75) is 0 Å². The molecule has 0 aromatic heterocycles. The van der Waals surface area contributed by atoms with E-state index in [1.807, 2.05) is 6.79 Å². The van der Waals surface area contributed by atoms with Crippen LogP contribution in [0.15, 0.2) is 0 Å². The Morgan fingerprint density at radius 1 is 1.00 bits per heavy atom. The van der Waals surface area contributed by atoms with Crippen LogP contribution in [-0.4, -0.2) is 61.9 Å². The molecule has 0 aliphatic heterocycles. The number of carbonyl (C=O) groups excluding carboxylic acids is 1. The quantitative estimate of drug-likeness (QED) is 0.304. The van der Waals surface area contributed by atoms with Crippen molar-refractivity contribution in [1.82, 2.24) is 0 Å². The molecule has 0 amide bonds. The van der Waals surface area contributed by atoms with Gasteiger partial charge in [0.15, 0.2) is 12.3 Å². The van der Waals surface area contributed by atoms with Gasteiger partial charge in [0.2, 0.25) is 0 Å². The molecule has 0 rings (SSSR count). The molecule has 8 heteroatoms. The Hall–Kier alpha value is 0.820. The monoisotopic (exact) mass is 174 g/mol. The van der Waals surface area contributed by atoms with E-state index in [2.05, 4.69) is 0 Å². The molecule has 9 heavy (non-hydrogen) atoms. The predicted molar refractivity (Wildman–Crippen MR) is 38.0 cm³/mol. The van der Waals surface area contributed by atoms with Gasteiger partial charge >= 0.3 is 29.6 Å². The molecule has 0 aromatic carbocycles. The van der Waals surface area contributed by atoms with Gasteiger partial charge in [0.05, 0.1) is 0 Å². The summed E-state index contributed by atoms with van der Waals surface area (Å²) in [6.07, 6.45) is 0. The van der Waals surface area contributed by atoms with Gasteiger partial charge in [-0.2, -0.15) is 0 Å². The van der Waals surface area contributed by atoms with E-state index in [0.29, 0.717) is 0 Å². The van der Waals surface area contributed by atoms with E-state index in [9.17, 15) is 0 Å². The standard InChI is InChI=1S/CH2O.Na.H2O2S.3H2O.H/c1-2;;1-3-2;;;;/h1H2;;1-2H;3*1H2;. The molecule has 0 aromatic rings. The molecule has 58 valence electrons. The second-order valence-corrected chi connectivity index (χ2v) is 0.245. The summed E-state index contributed by atoms with van der Waals surface area (Å²) in [6.45, 7) is 2.00. The van der Waals surface area contributed by atoms with Crippen LogP contribution in [0, 0.1) is 0 Å². The topological polar surface area (TPSA) is 152 Å². The minimum absolute atomic E-state index is 0. The average molecular weight is 174 g/mol. The number of hydrogen-bond donors (Lipinski definition) is 2. The SMILES string of the molecule is C=O.O.O.O.OSO.[NaH]. The second kappa shape index (κ2) is 163. The van der Waals surface area contributed by atoms with Crippen molar-refractivity contribution in [3.8, 4) is 0 Å². The first-order valence-electron chi connectivity index (χ1n) is 0.654. The summed E-state index contributed by atoms with van der Waals surface area (Å²) >= 11 is -0.250. The fourth-order valence-corrected chi connectivity index (χ4v) is 0. The van der Waals surface area contributed by atoms with E-state index in [1.54, 1.807) is 0 Å². The van der Waals surface area contributed by atoms with Crippen LogP contribution < -0.4 is 0 Å². The summed E-state index contributed by atoms with van der Waals surface area (Å²) in [6, 6.07) is 0. The van der Waals surface area contributed by atoms with E-state index in [4.69, 9.17) is 13.9 Å². The van der Waals surface area contributed by atoms with Crippen molar-refractivity contribution < 1.29 is 30.3 Å². The van der Waals surface area contributed by atoms with E-state index in [1.165, 1.54) is 0 Å². The second-order valence-electron chi connectivity index (χ2n) is 0.0816. The van der Waals surface area contributed by atoms with Gasteiger partial charge < -0.3 is 30.3 Å². The summed E-state index contributed by atoms with van der Waals surface area (Å²) in [5, 5.41) is 0. The zero-order valence-electron chi connectivity index (χ0n) is 3.92. The van der Waals surface area contributed by atoms with Gasteiger partial charge in [-0.1, -0.05) is 0 Å². The maximum atomic E-state index is 8.00. The summed E-state index contributed by atoms with van der Waals surface area (Å²) in [5.74, 6) is 0. The molecule has 6 nitrogen and oxygen atoms in total. The molecule has 0 unspecified atom stereocenters. The van der Waals surface area contributed by atoms with Crippen LogP contribution in [0.2, 0.25) is 0 Å². The third-order valence-electron chi connectivity index (χ3n) is 0. The van der Waals surface area contributed by atoms with Crippen molar-refractivity contribution in [3.05, 3.63) is 0 Å². The van der Waals surface area contributed by atoms with Gasteiger partial charge in [-0.05, 0) is 0 Å². The van der Waals surface area contributed by atoms with Crippen LogP contribution in [0.5, 0.6) is 0 Å². The first-order chi connectivity index (χ1) is 2.41. The summed E-state index contributed by atoms with van der Waals surface area (Å²) in [4.78, 5) is 8.00. The number of carbonyl (C=O) groups is 1. The fraction of sp³-hybridized carbons (Fsp3) is 0. The minimum atomic E-state index is -0.250. The molecule has 0 heterocycles. The van der Waals surface area contributed by atoms with Crippen LogP contribution in [0.25, 0.3) is 0 Å². The zero-order valence-corrected chi connectivity index (χ0v) is 4.73. The molecule has 0 radical (unpaired) electrons. The van der Waals surface area contributed by atoms with Crippen molar-refractivity contribution in [2.75, 3.05) is 0 Å². The van der Waals surface area contributed by atoms with E-state index in [0.717, 1.165) is 0 Å². The Kier molecular flexibility index (Phi) is 947. The van der Waals surface area contributed by atoms with Crippen molar-refractivity contribution in [3.63, 3.8) is 0 Å². The van der Waals surface area contributed by atoms with Gasteiger partial charge in [0, 0.05) is 0 Å². The summed E-state index contributed by atoms with van der Waals surface area (Å²) in [5.41, 5.74) is 0. The first-order valence-corrected chi connectivity index (χ1v) is 1.38. The molecule has 0 saturated heterocycles. The Bertz CT molecular complexity index is 17.0. The van der Waals surface area contributed by atoms with Gasteiger partial charge in [0.1, 0.15) is 6.79 Å². The van der Waals surface area contributed by atoms with Crippen molar-refractivity contribution in [1.29, 1.82) is 0 Å². The Morgan fingerprint density at radius 2 is 1.00 bits per heavy atom. The van der Waals surface area contributed by atoms with Gasteiger partial charge in [-0.25, -0.2) is 0 Å². The van der Waals surface area contributed by atoms with Crippen molar-refractivity contribution >= 4 is 48.7 Å². The van der Waals surface area contributed by atoms with Crippen LogP contribution >= 0.6 is 12.3 Å². The van der Waals surface area contributed by atoms with Crippen LogP contribution in [0.1, 0.15) is 0 Å². The van der Waals surface area contributed by atoms with Crippen LogP contribution in [0.3, 0.4) is 0 Å². The number of rotatable bonds is 0. The van der Waals surface area contributed by atoms with Crippen molar-refractivity contribution in [2.24, 2.45) is 0 Å². The molecule has 8 N–H and O–H groups in total. The van der Waals surface area contributed by atoms with E-state index >= 15 is 0 Å². The molecule has 0 spiro atoms. The summed E-state index contributed by atoms with van der Waals surface area (Å²) in [7, 11) is 0. The van der Waals surface area contributed by atoms with Gasteiger partial charge in [0.25, 0.3) is 0 Å². The summed E-state index contributed by atoms with van der Waals surface area (Å²) < 4.78 is 14.1. The molecule has 0 bridgehead atoms. The average Bonchev–Trinajstić information content (AvgIpc) is 1.46. The van der Waals surface area contributed by atoms with Crippen LogP contribution in [-0.2, 0) is 4.79 Å². The number of hydrogen-bond acceptors (Lipinski definition) is 4. The van der Waals surface area contributed by atoms with Gasteiger partial charge in [-0.3, -0.25) is 0 Å². The molecular weight excluding hydrogens is 163 g/mol.